The largest absolute Gasteiger partial charge is 0.444 e. The zero-order valence-electron chi connectivity index (χ0n) is 10.9. The summed E-state index contributed by atoms with van der Waals surface area (Å²) < 4.78 is 5.11. The summed E-state index contributed by atoms with van der Waals surface area (Å²) in [4.78, 5) is 22.8. The monoisotopic (exact) mass is 239 g/mol. The number of allylic oxidation sites excluding steroid dienone is 2. The minimum Gasteiger partial charge on any atom is -0.444 e. The number of amides is 1. The van der Waals surface area contributed by atoms with E-state index in [2.05, 4.69) is 5.32 Å². The van der Waals surface area contributed by atoms with Crippen LogP contribution in [0.2, 0.25) is 0 Å². The highest BCUT2D eigenvalue weighted by atomic mass is 16.6. The fourth-order valence-electron chi connectivity index (χ4n) is 1.64. The molecule has 0 bridgehead atoms. The van der Waals surface area contributed by atoms with Crippen LogP contribution in [0.1, 0.15) is 34.1 Å². The molecule has 0 spiro atoms. The maximum Gasteiger partial charge on any atom is 0.407 e. The SMILES string of the molecule is C/C=C/C(=O)[C@H]1C[C@H]1CNC(=O)OC(C)(C)C. The Bertz CT molecular complexity index is 328. The van der Waals surface area contributed by atoms with Crippen LogP contribution in [-0.4, -0.2) is 24.0 Å². The molecule has 1 N–H and O–H groups in total. The molecule has 0 radical (unpaired) electrons. The number of carbonyl (C=O) groups excluding carboxylic acids is 2. The summed E-state index contributed by atoms with van der Waals surface area (Å²) in [5.41, 5.74) is -0.478. The van der Waals surface area contributed by atoms with Gasteiger partial charge in [0, 0.05) is 12.5 Å². The van der Waals surface area contributed by atoms with Crippen LogP contribution in [0.5, 0.6) is 0 Å². The number of alkyl carbamates (subject to hydrolysis) is 1. The lowest BCUT2D eigenvalue weighted by Crippen LogP contribution is -2.33. The Hall–Kier alpha value is -1.32. The molecule has 4 heteroatoms. The van der Waals surface area contributed by atoms with Gasteiger partial charge in [-0.15, -0.1) is 0 Å². The molecule has 0 aromatic rings. The Kier molecular flexibility index (Phi) is 4.32. The molecular weight excluding hydrogens is 218 g/mol. The molecule has 0 aromatic heterocycles. The first-order chi connectivity index (χ1) is 7.83. The quantitative estimate of drug-likeness (QED) is 0.766. The van der Waals surface area contributed by atoms with E-state index in [0.717, 1.165) is 6.42 Å². The fourth-order valence-corrected chi connectivity index (χ4v) is 1.64. The first-order valence-electron chi connectivity index (χ1n) is 5.97. The lowest BCUT2D eigenvalue weighted by atomic mass is 10.2. The van der Waals surface area contributed by atoms with Crippen molar-refractivity contribution in [2.75, 3.05) is 6.54 Å². The van der Waals surface area contributed by atoms with Crippen LogP contribution in [0.3, 0.4) is 0 Å². The van der Waals surface area contributed by atoms with Gasteiger partial charge in [0.1, 0.15) is 5.60 Å². The van der Waals surface area contributed by atoms with Gasteiger partial charge >= 0.3 is 6.09 Å². The maximum absolute atomic E-state index is 11.5. The van der Waals surface area contributed by atoms with Crippen molar-refractivity contribution in [3.63, 3.8) is 0 Å². The summed E-state index contributed by atoms with van der Waals surface area (Å²) in [5, 5.41) is 2.69. The van der Waals surface area contributed by atoms with Crippen LogP contribution >= 0.6 is 0 Å². The van der Waals surface area contributed by atoms with Crippen molar-refractivity contribution >= 4 is 11.9 Å². The standard InChI is InChI=1S/C13H21NO3/c1-5-6-11(15)10-7-9(10)8-14-12(16)17-13(2,3)4/h5-6,9-10H,7-8H2,1-4H3,(H,14,16)/b6-5+/t9-,10-/m0/s1. The first kappa shape index (κ1) is 13.7. The van der Waals surface area contributed by atoms with Gasteiger partial charge in [-0.25, -0.2) is 4.79 Å². The Morgan fingerprint density at radius 1 is 1.41 bits per heavy atom. The molecule has 0 aromatic carbocycles. The number of ketones is 1. The lowest BCUT2D eigenvalue weighted by molar-refractivity contribution is -0.116. The van der Waals surface area contributed by atoms with E-state index in [1.165, 1.54) is 0 Å². The number of ether oxygens (including phenoxy) is 1. The summed E-state index contributed by atoms with van der Waals surface area (Å²) in [7, 11) is 0. The van der Waals surface area contributed by atoms with Gasteiger partial charge < -0.3 is 10.1 Å². The van der Waals surface area contributed by atoms with Crippen molar-refractivity contribution in [2.45, 2.75) is 39.7 Å². The van der Waals surface area contributed by atoms with Gasteiger partial charge in [-0.1, -0.05) is 6.08 Å². The third-order valence-corrected chi connectivity index (χ3v) is 2.53. The maximum atomic E-state index is 11.5. The molecule has 1 saturated carbocycles. The molecule has 4 nitrogen and oxygen atoms in total. The number of hydrogen-bond acceptors (Lipinski definition) is 3. The van der Waals surface area contributed by atoms with Gasteiger partial charge in [-0.05, 0) is 46.1 Å². The normalized spacial score (nSPS) is 23.5. The molecule has 0 saturated heterocycles. The van der Waals surface area contributed by atoms with Gasteiger partial charge in [0.25, 0.3) is 0 Å². The number of carbonyl (C=O) groups is 2. The lowest BCUT2D eigenvalue weighted by Gasteiger charge is -2.19. The van der Waals surface area contributed by atoms with Crippen molar-refractivity contribution in [3.05, 3.63) is 12.2 Å². The van der Waals surface area contributed by atoms with Crippen LogP contribution in [-0.2, 0) is 9.53 Å². The Morgan fingerprint density at radius 2 is 2.06 bits per heavy atom. The molecule has 1 amide bonds. The fraction of sp³-hybridized carbons (Fsp3) is 0.692. The molecule has 1 rings (SSSR count). The number of nitrogens with one attached hydrogen (secondary N) is 1. The van der Waals surface area contributed by atoms with E-state index in [4.69, 9.17) is 4.74 Å². The van der Waals surface area contributed by atoms with E-state index in [9.17, 15) is 9.59 Å². The third kappa shape index (κ3) is 5.02. The Balaban J connectivity index is 2.22. The van der Waals surface area contributed by atoms with Crippen LogP contribution in [0.4, 0.5) is 4.79 Å². The van der Waals surface area contributed by atoms with Crippen molar-refractivity contribution < 1.29 is 14.3 Å². The van der Waals surface area contributed by atoms with Crippen LogP contribution in [0.15, 0.2) is 12.2 Å². The molecule has 0 heterocycles. The number of rotatable bonds is 4. The highest BCUT2D eigenvalue weighted by molar-refractivity contribution is 5.93. The summed E-state index contributed by atoms with van der Waals surface area (Å²) in [6.07, 6.45) is 3.79. The van der Waals surface area contributed by atoms with E-state index >= 15 is 0 Å². The van der Waals surface area contributed by atoms with E-state index in [1.54, 1.807) is 12.2 Å². The molecule has 1 aliphatic rings. The molecule has 0 aliphatic heterocycles. The van der Waals surface area contributed by atoms with Crippen LogP contribution in [0.25, 0.3) is 0 Å². The highest BCUT2D eigenvalue weighted by Gasteiger charge is 2.41. The van der Waals surface area contributed by atoms with E-state index in [0.29, 0.717) is 6.54 Å². The molecule has 1 aliphatic carbocycles. The predicted molar refractivity (Wildman–Crippen MR) is 65.7 cm³/mol. The highest BCUT2D eigenvalue weighted by Crippen LogP contribution is 2.38. The molecular formula is C13H21NO3. The average Bonchev–Trinajstić information content (AvgIpc) is 2.91. The topological polar surface area (TPSA) is 55.4 Å². The average molecular weight is 239 g/mol. The van der Waals surface area contributed by atoms with Gasteiger partial charge in [-0.2, -0.15) is 0 Å². The second-order valence-electron chi connectivity index (χ2n) is 5.39. The van der Waals surface area contributed by atoms with Crippen LogP contribution in [0, 0.1) is 11.8 Å². The molecule has 17 heavy (non-hydrogen) atoms. The smallest absolute Gasteiger partial charge is 0.407 e. The van der Waals surface area contributed by atoms with Crippen molar-refractivity contribution in [1.82, 2.24) is 5.32 Å². The van der Waals surface area contributed by atoms with Gasteiger partial charge in [0.05, 0.1) is 0 Å². The summed E-state index contributed by atoms with van der Waals surface area (Å²) in [6.45, 7) is 7.81. The van der Waals surface area contributed by atoms with E-state index in [1.807, 2.05) is 27.7 Å². The second-order valence-corrected chi connectivity index (χ2v) is 5.39. The van der Waals surface area contributed by atoms with Gasteiger partial charge in [-0.3, -0.25) is 4.79 Å². The predicted octanol–water partition coefficient (Wildman–Crippen LogP) is 2.29. The van der Waals surface area contributed by atoms with Crippen molar-refractivity contribution in [3.8, 4) is 0 Å². The minimum absolute atomic E-state index is 0.0844. The minimum atomic E-state index is -0.478. The van der Waals surface area contributed by atoms with E-state index < -0.39 is 11.7 Å². The Morgan fingerprint density at radius 3 is 2.59 bits per heavy atom. The second kappa shape index (κ2) is 5.34. The Labute approximate surface area is 102 Å². The van der Waals surface area contributed by atoms with Crippen molar-refractivity contribution in [1.29, 1.82) is 0 Å². The molecule has 0 unspecified atom stereocenters. The van der Waals surface area contributed by atoms with E-state index in [-0.39, 0.29) is 17.6 Å². The van der Waals surface area contributed by atoms with Crippen molar-refractivity contribution in [2.24, 2.45) is 11.8 Å². The van der Waals surface area contributed by atoms with Gasteiger partial charge in [0.2, 0.25) is 0 Å². The summed E-state index contributed by atoms with van der Waals surface area (Å²) in [6, 6.07) is 0. The molecule has 96 valence electrons. The molecule has 1 fully saturated rings. The first-order valence-corrected chi connectivity index (χ1v) is 5.97. The zero-order valence-corrected chi connectivity index (χ0v) is 10.9. The zero-order chi connectivity index (χ0) is 13.1. The summed E-state index contributed by atoms with van der Waals surface area (Å²) in [5.74, 6) is 0.510. The van der Waals surface area contributed by atoms with Crippen LogP contribution < -0.4 is 5.32 Å². The third-order valence-electron chi connectivity index (χ3n) is 2.53. The molecule has 2 atom stereocenters. The number of hydrogen-bond donors (Lipinski definition) is 1. The summed E-state index contributed by atoms with van der Waals surface area (Å²) >= 11 is 0. The van der Waals surface area contributed by atoms with Gasteiger partial charge in [0.15, 0.2) is 5.78 Å².